The summed E-state index contributed by atoms with van der Waals surface area (Å²) in [5.74, 6) is 0.507. The molecule has 1 N–H and O–H groups in total. The van der Waals surface area contributed by atoms with Crippen molar-refractivity contribution in [3.8, 4) is 5.88 Å². The third-order valence-electron chi connectivity index (χ3n) is 2.38. The highest BCUT2D eigenvalue weighted by molar-refractivity contribution is 14.1. The lowest BCUT2D eigenvalue weighted by Crippen LogP contribution is -2.08. The molecule has 5 heteroatoms. The summed E-state index contributed by atoms with van der Waals surface area (Å²) in [6.07, 6.45) is 0.800. The van der Waals surface area contributed by atoms with E-state index in [1.807, 2.05) is 6.07 Å². The molecule has 0 amide bonds. The van der Waals surface area contributed by atoms with Crippen molar-refractivity contribution >= 4 is 38.5 Å². The highest BCUT2D eigenvalue weighted by atomic mass is 127. The van der Waals surface area contributed by atoms with Crippen LogP contribution in [0.5, 0.6) is 5.88 Å². The Morgan fingerprint density at radius 1 is 1.28 bits per heavy atom. The summed E-state index contributed by atoms with van der Waals surface area (Å²) < 4.78 is 7.78. The van der Waals surface area contributed by atoms with E-state index >= 15 is 0 Å². The van der Waals surface area contributed by atoms with Crippen molar-refractivity contribution in [3.05, 3.63) is 60.4 Å². The Labute approximate surface area is 127 Å². The van der Waals surface area contributed by atoms with Crippen LogP contribution in [0.1, 0.15) is 5.56 Å². The van der Waals surface area contributed by atoms with Gasteiger partial charge in [-0.3, -0.25) is 9.78 Å². The first kappa shape index (κ1) is 13.6. The Morgan fingerprint density at radius 3 is 2.89 bits per heavy atom. The molecular weight excluding hydrogens is 409 g/mol. The van der Waals surface area contributed by atoms with E-state index in [2.05, 4.69) is 55.6 Å². The number of benzene rings is 1. The normalized spacial score (nSPS) is 10.3. The van der Waals surface area contributed by atoms with Crippen molar-refractivity contribution < 1.29 is 4.74 Å². The van der Waals surface area contributed by atoms with Gasteiger partial charge in [0.15, 0.2) is 5.88 Å². The lowest BCUT2D eigenvalue weighted by atomic mass is 10.2. The minimum Gasteiger partial charge on any atom is -0.479 e. The van der Waals surface area contributed by atoms with Crippen LogP contribution in [0.15, 0.2) is 45.7 Å². The maximum absolute atomic E-state index is 11.1. The van der Waals surface area contributed by atoms with Crippen LogP contribution in [0.4, 0.5) is 0 Å². The molecule has 18 heavy (non-hydrogen) atoms. The Bertz CT molecular complexity index is 598. The zero-order chi connectivity index (χ0) is 13.0. The Morgan fingerprint density at radius 2 is 2.11 bits per heavy atom. The molecule has 0 spiro atoms. The third kappa shape index (κ3) is 3.84. The van der Waals surface area contributed by atoms with E-state index in [9.17, 15) is 4.79 Å². The fraction of sp³-hybridized carbons (Fsp3) is 0.154. The van der Waals surface area contributed by atoms with Crippen LogP contribution in [-0.4, -0.2) is 11.6 Å². The van der Waals surface area contributed by atoms with E-state index in [-0.39, 0.29) is 5.56 Å². The van der Waals surface area contributed by atoms with Crippen molar-refractivity contribution in [1.82, 2.24) is 4.98 Å². The number of aromatic amines is 1. The molecule has 3 nitrogen and oxygen atoms in total. The average molecular weight is 420 g/mol. The van der Waals surface area contributed by atoms with Crippen LogP contribution in [0.3, 0.4) is 0 Å². The second-order valence-corrected chi connectivity index (χ2v) is 5.79. The largest absolute Gasteiger partial charge is 0.479 e. The quantitative estimate of drug-likeness (QED) is 0.772. The summed E-state index contributed by atoms with van der Waals surface area (Å²) in [6, 6.07) is 11.0. The van der Waals surface area contributed by atoms with E-state index < -0.39 is 0 Å². The molecule has 1 heterocycles. The van der Waals surface area contributed by atoms with Crippen LogP contribution in [0.2, 0.25) is 0 Å². The summed E-state index contributed by atoms with van der Waals surface area (Å²) in [5.41, 5.74) is 1.08. The number of halogens is 2. The highest BCUT2D eigenvalue weighted by Gasteiger charge is 2.01. The van der Waals surface area contributed by atoms with Gasteiger partial charge in [-0.15, -0.1) is 0 Å². The molecule has 0 unspecified atom stereocenters. The Kier molecular flexibility index (Phi) is 4.82. The van der Waals surface area contributed by atoms with Crippen molar-refractivity contribution in [3.63, 3.8) is 0 Å². The van der Waals surface area contributed by atoms with Gasteiger partial charge in [0, 0.05) is 20.5 Å². The van der Waals surface area contributed by atoms with Gasteiger partial charge in [0.05, 0.1) is 6.61 Å². The monoisotopic (exact) mass is 419 g/mol. The second kappa shape index (κ2) is 6.38. The molecule has 0 fully saturated rings. The number of nitrogens with one attached hydrogen (secondary N) is 1. The minimum absolute atomic E-state index is 0.149. The highest BCUT2D eigenvalue weighted by Crippen LogP contribution is 2.19. The van der Waals surface area contributed by atoms with Crippen molar-refractivity contribution in [2.75, 3.05) is 6.61 Å². The molecule has 94 valence electrons. The fourth-order valence-corrected chi connectivity index (χ4v) is 2.53. The van der Waals surface area contributed by atoms with Crippen molar-refractivity contribution in [2.24, 2.45) is 0 Å². The maximum atomic E-state index is 11.1. The number of hydrogen-bond donors (Lipinski definition) is 1. The molecule has 1 aromatic heterocycles. The number of aromatic nitrogens is 1. The predicted molar refractivity (Wildman–Crippen MR) is 83.1 cm³/mol. The Balaban J connectivity index is 1.96. The van der Waals surface area contributed by atoms with E-state index in [1.165, 1.54) is 15.2 Å². The number of H-pyrrole nitrogens is 1. The van der Waals surface area contributed by atoms with Gasteiger partial charge >= 0.3 is 0 Å². The van der Waals surface area contributed by atoms with Crippen LogP contribution >= 0.6 is 38.5 Å². The van der Waals surface area contributed by atoms with Gasteiger partial charge in [-0.1, -0.05) is 22.0 Å². The molecule has 1 aromatic carbocycles. The SMILES string of the molecule is O=c1cccc(OCCc2cc(Br)ccc2I)[nH]1. The molecule has 2 rings (SSSR count). The van der Waals surface area contributed by atoms with Crippen LogP contribution in [-0.2, 0) is 6.42 Å². The summed E-state index contributed by atoms with van der Waals surface area (Å²) in [4.78, 5) is 13.7. The van der Waals surface area contributed by atoms with Crippen molar-refractivity contribution in [1.29, 1.82) is 0 Å². The third-order valence-corrected chi connectivity index (χ3v) is 3.92. The van der Waals surface area contributed by atoms with Crippen LogP contribution in [0, 0.1) is 3.57 Å². The maximum Gasteiger partial charge on any atom is 0.250 e. The summed E-state index contributed by atoms with van der Waals surface area (Å²) in [7, 11) is 0. The first-order valence-electron chi connectivity index (χ1n) is 5.41. The molecule has 0 aliphatic rings. The van der Waals surface area contributed by atoms with Gasteiger partial charge in [0.1, 0.15) is 0 Å². The predicted octanol–water partition coefficient (Wildman–Crippen LogP) is 3.36. The second-order valence-electron chi connectivity index (χ2n) is 3.71. The lowest BCUT2D eigenvalue weighted by molar-refractivity contribution is 0.308. The number of pyridine rings is 1. The minimum atomic E-state index is -0.149. The standard InChI is InChI=1S/C13H11BrINO2/c14-10-4-5-11(15)9(8-10)6-7-18-13-3-1-2-12(17)16-13/h1-5,8H,6-7H2,(H,16,17). The van der Waals surface area contributed by atoms with Gasteiger partial charge < -0.3 is 4.74 Å². The molecular formula is C13H11BrINO2. The fourth-order valence-electron chi connectivity index (χ4n) is 1.52. The summed E-state index contributed by atoms with van der Waals surface area (Å²) in [6.45, 7) is 0.534. The molecule has 0 saturated heterocycles. The first-order chi connectivity index (χ1) is 8.65. The lowest BCUT2D eigenvalue weighted by Gasteiger charge is -2.07. The smallest absolute Gasteiger partial charge is 0.250 e. The zero-order valence-corrected chi connectivity index (χ0v) is 13.2. The van der Waals surface area contributed by atoms with Gasteiger partial charge in [-0.25, -0.2) is 0 Å². The summed E-state index contributed by atoms with van der Waals surface area (Å²) in [5, 5.41) is 0. The van der Waals surface area contributed by atoms with E-state index in [4.69, 9.17) is 4.74 Å². The number of rotatable bonds is 4. The summed E-state index contributed by atoms with van der Waals surface area (Å²) >= 11 is 5.75. The van der Waals surface area contributed by atoms with Crippen LogP contribution in [0.25, 0.3) is 0 Å². The van der Waals surface area contributed by atoms with Crippen LogP contribution < -0.4 is 10.3 Å². The molecule has 0 aliphatic carbocycles. The molecule has 0 radical (unpaired) electrons. The first-order valence-corrected chi connectivity index (χ1v) is 7.28. The van der Waals surface area contributed by atoms with E-state index in [0.29, 0.717) is 12.5 Å². The molecule has 0 saturated carbocycles. The van der Waals surface area contributed by atoms with E-state index in [1.54, 1.807) is 12.1 Å². The average Bonchev–Trinajstić information content (AvgIpc) is 2.34. The van der Waals surface area contributed by atoms with Crippen molar-refractivity contribution in [2.45, 2.75) is 6.42 Å². The van der Waals surface area contributed by atoms with Gasteiger partial charge in [-0.2, -0.15) is 0 Å². The van der Waals surface area contributed by atoms with Gasteiger partial charge in [-0.05, 0) is 52.4 Å². The molecule has 0 bridgehead atoms. The molecule has 0 aliphatic heterocycles. The number of hydrogen-bond acceptors (Lipinski definition) is 2. The van der Waals surface area contributed by atoms with Gasteiger partial charge in [0.25, 0.3) is 5.56 Å². The van der Waals surface area contributed by atoms with Gasteiger partial charge in [0.2, 0.25) is 0 Å². The number of ether oxygens (including phenoxy) is 1. The topological polar surface area (TPSA) is 42.1 Å². The zero-order valence-electron chi connectivity index (χ0n) is 9.45. The molecule has 2 aromatic rings. The Hall–Kier alpha value is -0.820. The molecule has 0 atom stereocenters. The van der Waals surface area contributed by atoms with E-state index in [0.717, 1.165) is 10.9 Å².